The number of esters is 1. The normalized spacial score (nSPS) is 39.0. The van der Waals surface area contributed by atoms with Gasteiger partial charge < -0.3 is 14.4 Å². The van der Waals surface area contributed by atoms with E-state index in [1.54, 1.807) is 25.1 Å². The molecule has 184 valence electrons. The molecular formula is C28H36FNO4. The number of benzene rings is 1. The van der Waals surface area contributed by atoms with E-state index in [4.69, 9.17) is 9.47 Å². The third kappa shape index (κ3) is 3.47. The van der Waals surface area contributed by atoms with Gasteiger partial charge in [-0.3, -0.25) is 9.59 Å². The van der Waals surface area contributed by atoms with Gasteiger partial charge in [-0.05, 0) is 85.5 Å². The van der Waals surface area contributed by atoms with Crippen LogP contribution in [-0.2, 0) is 20.9 Å². The summed E-state index contributed by atoms with van der Waals surface area (Å²) in [6.45, 7) is 4.70. The largest absolute Gasteiger partial charge is 0.497 e. The van der Waals surface area contributed by atoms with Gasteiger partial charge in [0.2, 0.25) is 0 Å². The first-order valence-corrected chi connectivity index (χ1v) is 12.6. The summed E-state index contributed by atoms with van der Waals surface area (Å²) < 4.78 is 25.6. The van der Waals surface area contributed by atoms with Crippen molar-refractivity contribution < 1.29 is 23.5 Å². The lowest BCUT2D eigenvalue weighted by atomic mass is 9.47. The molecule has 3 aliphatic carbocycles. The summed E-state index contributed by atoms with van der Waals surface area (Å²) in [5, 5.41) is 0. The number of fused-ring (bicyclic) bond motifs is 5. The van der Waals surface area contributed by atoms with Crippen molar-refractivity contribution in [2.24, 2.45) is 34.5 Å². The molecule has 1 aliphatic heterocycles. The number of carbonyl (C=O) groups excluding carboxylic acids is 2. The second-order valence-electron chi connectivity index (χ2n) is 11.4. The Bertz CT molecular complexity index is 1010. The molecule has 0 aromatic heterocycles. The number of likely N-dealkylation sites (N-methyl/N-ethyl adjacent to an activating group) is 1. The van der Waals surface area contributed by atoms with Crippen molar-refractivity contribution in [3.63, 3.8) is 0 Å². The Balaban J connectivity index is 1.31. The van der Waals surface area contributed by atoms with Gasteiger partial charge in [0.25, 0.3) is 5.91 Å². The van der Waals surface area contributed by atoms with Crippen molar-refractivity contribution in [1.82, 2.24) is 4.90 Å². The van der Waals surface area contributed by atoms with Gasteiger partial charge in [-0.25, -0.2) is 4.39 Å². The van der Waals surface area contributed by atoms with E-state index in [9.17, 15) is 14.0 Å². The standard InChI is InChI=1S/C28H36FNO4/c1-27-14-13-21-19(9-12-24-28(21,2)15-23(29)25(31)30(24)3)20(27)10-11-22(27)26(32)34-16-17-5-7-18(33-4)8-6-17/h5-8,15,19-22,24H,9-14,16H2,1-4H3/t19-,20-,21-,22+,24+,27-,28+/m0/s1. The SMILES string of the molecule is COc1ccc(COC(=O)[C@H]2CC[C@H]3[C@@H]4CC[C@H]5N(C)C(=O)C(F)=C[C@]5(C)[C@H]4CC[C@]23C)cc1. The predicted octanol–water partition coefficient (Wildman–Crippen LogP) is 5.29. The van der Waals surface area contributed by atoms with Crippen LogP contribution in [0.3, 0.4) is 0 Å². The minimum Gasteiger partial charge on any atom is -0.497 e. The molecule has 5 rings (SSSR count). The molecule has 3 fully saturated rings. The number of amides is 1. The van der Waals surface area contributed by atoms with Crippen molar-refractivity contribution in [2.75, 3.05) is 14.2 Å². The number of halogens is 1. The minimum absolute atomic E-state index is 0.0526. The van der Waals surface area contributed by atoms with E-state index in [-0.39, 0.29) is 35.4 Å². The van der Waals surface area contributed by atoms with Crippen molar-refractivity contribution in [3.05, 3.63) is 41.7 Å². The average molecular weight is 470 g/mol. The maximum absolute atomic E-state index is 14.6. The second kappa shape index (κ2) is 8.39. The highest BCUT2D eigenvalue weighted by molar-refractivity contribution is 5.92. The van der Waals surface area contributed by atoms with E-state index in [1.807, 2.05) is 24.3 Å². The van der Waals surface area contributed by atoms with E-state index in [2.05, 4.69) is 13.8 Å². The van der Waals surface area contributed by atoms with Crippen LogP contribution in [0.1, 0.15) is 57.9 Å². The smallest absolute Gasteiger partial charge is 0.309 e. The van der Waals surface area contributed by atoms with Crippen LogP contribution in [0.4, 0.5) is 4.39 Å². The molecule has 4 aliphatic rings. The lowest BCUT2D eigenvalue weighted by molar-refractivity contribution is -0.159. The molecule has 6 heteroatoms. The first-order chi connectivity index (χ1) is 16.2. The summed E-state index contributed by atoms with van der Waals surface area (Å²) in [6.07, 6.45) is 7.33. The first-order valence-electron chi connectivity index (χ1n) is 12.6. The molecule has 1 aromatic carbocycles. The zero-order valence-electron chi connectivity index (χ0n) is 20.7. The van der Waals surface area contributed by atoms with Gasteiger partial charge in [-0.1, -0.05) is 26.0 Å². The van der Waals surface area contributed by atoms with E-state index in [1.165, 1.54) is 0 Å². The summed E-state index contributed by atoms with van der Waals surface area (Å²) in [5.41, 5.74) is 0.526. The van der Waals surface area contributed by atoms with Crippen molar-refractivity contribution in [2.45, 2.75) is 65.0 Å². The highest BCUT2D eigenvalue weighted by Crippen LogP contribution is 2.65. The van der Waals surface area contributed by atoms with Gasteiger partial charge in [0.1, 0.15) is 12.4 Å². The highest BCUT2D eigenvalue weighted by atomic mass is 19.1. The zero-order chi connectivity index (χ0) is 24.3. The molecular weight excluding hydrogens is 433 g/mol. The number of ether oxygens (including phenoxy) is 2. The van der Waals surface area contributed by atoms with Gasteiger partial charge in [0.15, 0.2) is 5.83 Å². The van der Waals surface area contributed by atoms with Crippen LogP contribution in [0.25, 0.3) is 0 Å². The van der Waals surface area contributed by atoms with Crippen LogP contribution in [0.5, 0.6) is 5.75 Å². The number of hydrogen-bond acceptors (Lipinski definition) is 4. The Morgan fingerprint density at radius 2 is 1.82 bits per heavy atom. The Morgan fingerprint density at radius 1 is 1.09 bits per heavy atom. The molecule has 0 N–H and O–H groups in total. The zero-order valence-corrected chi connectivity index (χ0v) is 20.7. The van der Waals surface area contributed by atoms with Crippen LogP contribution < -0.4 is 4.74 Å². The van der Waals surface area contributed by atoms with E-state index >= 15 is 0 Å². The van der Waals surface area contributed by atoms with Crippen LogP contribution in [0.2, 0.25) is 0 Å². The fourth-order valence-corrected chi connectivity index (χ4v) is 8.19. The topological polar surface area (TPSA) is 55.8 Å². The van der Waals surface area contributed by atoms with Crippen molar-refractivity contribution in [1.29, 1.82) is 0 Å². The monoisotopic (exact) mass is 469 g/mol. The molecule has 5 nitrogen and oxygen atoms in total. The molecule has 0 bridgehead atoms. The minimum atomic E-state index is -0.610. The fourth-order valence-electron chi connectivity index (χ4n) is 8.19. The van der Waals surface area contributed by atoms with Gasteiger partial charge in [0, 0.05) is 18.5 Å². The van der Waals surface area contributed by atoms with Crippen molar-refractivity contribution in [3.8, 4) is 5.75 Å². The number of nitrogens with zero attached hydrogens (tertiary/aromatic N) is 1. The Morgan fingerprint density at radius 3 is 2.53 bits per heavy atom. The lowest BCUT2D eigenvalue weighted by Gasteiger charge is -2.60. The second-order valence-corrected chi connectivity index (χ2v) is 11.4. The molecule has 1 heterocycles. The summed E-state index contributed by atoms with van der Waals surface area (Å²) >= 11 is 0. The lowest BCUT2D eigenvalue weighted by Crippen LogP contribution is -2.60. The average Bonchev–Trinajstić information content (AvgIpc) is 3.18. The molecule has 0 radical (unpaired) electrons. The number of rotatable bonds is 4. The predicted molar refractivity (Wildman–Crippen MR) is 126 cm³/mol. The van der Waals surface area contributed by atoms with Gasteiger partial charge in [-0.2, -0.15) is 0 Å². The molecule has 0 spiro atoms. The molecule has 0 unspecified atom stereocenters. The van der Waals surface area contributed by atoms with Gasteiger partial charge in [-0.15, -0.1) is 0 Å². The van der Waals surface area contributed by atoms with Crippen LogP contribution in [0, 0.1) is 34.5 Å². The summed E-state index contributed by atoms with van der Waals surface area (Å²) in [6, 6.07) is 7.66. The van der Waals surface area contributed by atoms with Crippen molar-refractivity contribution >= 4 is 11.9 Å². The van der Waals surface area contributed by atoms with Crippen LogP contribution >= 0.6 is 0 Å². The fraction of sp³-hybridized carbons (Fsp3) is 0.643. The maximum atomic E-state index is 14.6. The third-order valence-electron chi connectivity index (χ3n) is 9.98. The maximum Gasteiger partial charge on any atom is 0.309 e. The molecule has 1 aromatic rings. The Labute approximate surface area is 201 Å². The molecule has 34 heavy (non-hydrogen) atoms. The Kier molecular flexibility index (Phi) is 5.77. The van der Waals surface area contributed by atoms with Crippen LogP contribution in [0.15, 0.2) is 36.2 Å². The number of carbonyl (C=O) groups is 2. The van der Waals surface area contributed by atoms with E-state index in [0.29, 0.717) is 17.8 Å². The molecule has 1 amide bonds. The molecule has 3 saturated carbocycles. The molecule has 7 atom stereocenters. The van der Waals surface area contributed by atoms with Gasteiger partial charge in [0.05, 0.1) is 13.0 Å². The van der Waals surface area contributed by atoms with Gasteiger partial charge >= 0.3 is 5.97 Å². The summed E-state index contributed by atoms with van der Waals surface area (Å²) in [7, 11) is 3.38. The Hall–Kier alpha value is -2.37. The molecule has 0 saturated heterocycles. The highest BCUT2D eigenvalue weighted by Gasteiger charge is 2.62. The van der Waals surface area contributed by atoms with Crippen LogP contribution in [-0.4, -0.2) is 37.0 Å². The quantitative estimate of drug-likeness (QED) is 0.562. The third-order valence-corrected chi connectivity index (χ3v) is 9.98. The number of hydrogen-bond donors (Lipinski definition) is 0. The van der Waals surface area contributed by atoms with E-state index in [0.717, 1.165) is 49.8 Å². The van der Waals surface area contributed by atoms with E-state index < -0.39 is 11.7 Å². The summed E-state index contributed by atoms with van der Waals surface area (Å²) in [4.78, 5) is 27.1. The summed E-state index contributed by atoms with van der Waals surface area (Å²) in [5.74, 6) is 0.721. The number of methoxy groups -OCH3 is 1. The first kappa shape index (κ1) is 23.4.